The van der Waals surface area contributed by atoms with Gasteiger partial charge in [-0.25, -0.2) is 0 Å². The summed E-state index contributed by atoms with van der Waals surface area (Å²) in [6.45, 7) is 2.21. The van der Waals surface area contributed by atoms with Crippen LogP contribution in [-0.4, -0.2) is 17.7 Å². The number of hydrogen-bond acceptors (Lipinski definition) is 3. The van der Waals surface area contributed by atoms with Crippen molar-refractivity contribution in [3.8, 4) is 5.75 Å². The quantitative estimate of drug-likeness (QED) is 0.869. The van der Waals surface area contributed by atoms with Crippen molar-refractivity contribution in [2.45, 2.75) is 25.2 Å². The molecular weight excluding hydrogens is 272 g/mol. The van der Waals surface area contributed by atoms with E-state index < -0.39 is 5.41 Å². The normalized spacial score (nSPS) is 16.9. The van der Waals surface area contributed by atoms with Gasteiger partial charge in [-0.3, -0.25) is 4.79 Å². The average Bonchev–Trinajstić information content (AvgIpc) is 3.03. The molecule has 3 nitrogen and oxygen atoms in total. The van der Waals surface area contributed by atoms with Crippen molar-refractivity contribution in [2.75, 3.05) is 6.61 Å². The molecule has 0 unspecified atom stereocenters. The van der Waals surface area contributed by atoms with E-state index in [0.717, 1.165) is 18.4 Å². The number of benzene rings is 1. The molecule has 4 heteroatoms. The molecule has 0 bridgehead atoms. The van der Waals surface area contributed by atoms with Crippen molar-refractivity contribution in [3.05, 3.63) is 28.2 Å². The number of carbonyl (C=O) groups is 1. The fourth-order valence-corrected chi connectivity index (χ4v) is 2.19. The van der Waals surface area contributed by atoms with Gasteiger partial charge >= 0.3 is 5.97 Å². The summed E-state index contributed by atoms with van der Waals surface area (Å²) < 4.78 is 5.69. The van der Waals surface area contributed by atoms with E-state index >= 15 is 0 Å². The predicted octanol–water partition coefficient (Wildman–Crippen LogP) is 2.75. The Kier molecular flexibility index (Phi) is 2.93. The number of phenolic OH excluding ortho intramolecular Hbond substituents is 1. The first-order chi connectivity index (χ1) is 7.60. The zero-order valence-corrected chi connectivity index (χ0v) is 10.6. The van der Waals surface area contributed by atoms with E-state index in [4.69, 9.17) is 4.74 Å². The van der Waals surface area contributed by atoms with E-state index in [2.05, 4.69) is 15.9 Å². The van der Waals surface area contributed by atoms with Crippen molar-refractivity contribution in [3.63, 3.8) is 0 Å². The van der Waals surface area contributed by atoms with Crippen LogP contribution in [0.3, 0.4) is 0 Å². The lowest BCUT2D eigenvalue weighted by Crippen LogP contribution is -2.23. The second kappa shape index (κ2) is 4.09. The van der Waals surface area contributed by atoms with E-state index in [0.29, 0.717) is 11.1 Å². The van der Waals surface area contributed by atoms with Gasteiger partial charge in [0.1, 0.15) is 5.75 Å². The molecule has 1 N–H and O–H groups in total. The van der Waals surface area contributed by atoms with Gasteiger partial charge in [-0.15, -0.1) is 0 Å². The number of carbonyl (C=O) groups excluding carboxylic acids is 1. The molecule has 1 aliphatic carbocycles. The molecule has 0 aromatic heterocycles. The molecule has 0 saturated heterocycles. The van der Waals surface area contributed by atoms with Crippen LogP contribution in [0.1, 0.15) is 25.3 Å². The number of aromatic hydroxyl groups is 1. The smallest absolute Gasteiger partial charge is 0.316 e. The van der Waals surface area contributed by atoms with E-state index in [9.17, 15) is 9.90 Å². The summed E-state index contributed by atoms with van der Waals surface area (Å²) in [5.41, 5.74) is 0.447. The number of esters is 1. The molecule has 0 spiro atoms. The summed E-state index contributed by atoms with van der Waals surface area (Å²) in [6.07, 6.45) is 1.64. The standard InChI is InChI=1S/C12H13BrO3/c1-2-16-11(15)12(5-6-12)8-3-4-10(14)9(13)7-8/h3-4,7,14H,2,5-6H2,1H3. The van der Waals surface area contributed by atoms with Gasteiger partial charge in [0.2, 0.25) is 0 Å². The second-order valence-corrected chi connectivity index (χ2v) is 4.82. The minimum Gasteiger partial charge on any atom is -0.507 e. The highest BCUT2D eigenvalue weighted by Gasteiger charge is 2.52. The number of halogens is 1. The zero-order chi connectivity index (χ0) is 11.8. The van der Waals surface area contributed by atoms with Gasteiger partial charge in [0.15, 0.2) is 0 Å². The summed E-state index contributed by atoms with van der Waals surface area (Å²) in [6, 6.07) is 5.17. The minimum atomic E-state index is -0.466. The van der Waals surface area contributed by atoms with Crippen LogP contribution in [0, 0.1) is 0 Å². The molecule has 0 atom stereocenters. The lowest BCUT2D eigenvalue weighted by molar-refractivity contribution is -0.146. The highest BCUT2D eigenvalue weighted by atomic mass is 79.9. The molecular formula is C12H13BrO3. The first kappa shape index (κ1) is 11.5. The van der Waals surface area contributed by atoms with Crippen LogP contribution in [0.25, 0.3) is 0 Å². The maximum absolute atomic E-state index is 11.8. The topological polar surface area (TPSA) is 46.5 Å². The van der Waals surface area contributed by atoms with Gasteiger partial charge in [-0.2, -0.15) is 0 Å². The van der Waals surface area contributed by atoms with E-state index in [1.54, 1.807) is 25.1 Å². The Bertz CT molecular complexity index is 424. The lowest BCUT2D eigenvalue weighted by Gasteiger charge is -2.14. The van der Waals surface area contributed by atoms with Crippen molar-refractivity contribution < 1.29 is 14.6 Å². The largest absolute Gasteiger partial charge is 0.507 e. The van der Waals surface area contributed by atoms with Crippen LogP contribution in [0.5, 0.6) is 5.75 Å². The predicted molar refractivity (Wildman–Crippen MR) is 63.4 cm³/mol. The Labute approximate surface area is 103 Å². The highest BCUT2D eigenvalue weighted by molar-refractivity contribution is 9.10. The molecule has 1 aliphatic rings. The summed E-state index contributed by atoms with van der Waals surface area (Å²) in [7, 11) is 0. The maximum Gasteiger partial charge on any atom is 0.316 e. The zero-order valence-electron chi connectivity index (χ0n) is 9.00. The van der Waals surface area contributed by atoms with Crippen molar-refractivity contribution >= 4 is 21.9 Å². The Balaban J connectivity index is 2.30. The fourth-order valence-electron chi connectivity index (χ4n) is 1.81. The number of hydrogen-bond donors (Lipinski definition) is 1. The second-order valence-electron chi connectivity index (χ2n) is 3.97. The molecule has 1 fully saturated rings. The van der Waals surface area contributed by atoms with Crippen molar-refractivity contribution in [2.24, 2.45) is 0 Å². The van der Waals surface area contributed by atoms with Crippen LogP contribution in [-0.2, 0) is 14.9 Å². The molecule has 2 rings (SSSR count). The van der Waals surface area contributed by atoms with Gasteiger partial charge < -0.3 is 9.84 Å². The average molecular weight is 285 g/mol. The number of rotatable bonds is 3. The third-order valence-corrected chi connectivity index (χ3v) is 3.55. The Hall–Kier alpha value is -1.03. The van der Waals surface area contributed by atoms with Crippen LogP contribution >= 0.6 is 15.9 Å². The van der Waals surface area contributed by atoms with Gasteiger partial charge in [0.05, 0.1) is 16.5 Å². The summed E-state index contributed by atoms with van der Waals surface area (Å²) in [4.78, 5) is 11.8. The van der Waals surface area contributed by atoms with Gasteiger partial charge in [0, 0.05) is 0 Å². The Morgan fingerprint density at radius 2 is 2.25 bits per heavy atom. The minimum absolute atomic E-state index is 0.160. The fraction of sp³-hybridized carbons (Fsp3) is 0.417. The van der Waals surface area contributed by atoms with Crippen molar-refractivity contribution in [1.29, 1.82) is 0 Å². The van der Waals surface area contributed by atoms with Gasteiger partial charge in [-0.05, 0) is 53.4 Å². The molecule has 1 aromatic rings. The lowest BCUT2D eigenvalue weighted by atomic mass is 9.96. The van der Waals surface area contributed by atoms with Gasteiger partial charge in [0.25, 0.3) is 0 Å². The first-order valence-electron chi connectivity index (χ1n) is 5.26. The molecule has 0 amide bonds. The van der Waals surface area contributed by atoms with Crippen LogP contribution in [0.15, 0.2) is 22.7 Å². The summed E-state index contributed by atoms with van der Waals surface area (Å²) in [5, 5.41) is 9.41. The van der Waals surface area contributed by atoms with E-state index in [1.165, 1.54) is 0 Å². The van der Waals surface area contributed by atoms with E-state index in [-0.39, 0.29) is 11.7 Å². The molecule has 86 valence electrons. The SMILES string of the molecule is CCOC(=O)C1(c2ccc(O)c(Br)c2)CC1. The maximum atomic E-state index is 11.8. The molecule has 16 heavy (non-hydrogen) atoms. The highest BCUT2D eigenvalue weighted by Crippen LogP contribution is 2.50. The summed E-state index contributed by atoms with van der Waals surface area (Å²) in [5.74, 6) is 0.0241. The molecule has 0 radical (unpaired) electrons. The third-order valence-electron chi connectivity index (χ3n) is 2.92. The Morgan fingerprint density at radius 1 is 1.56 bits per heavy atom. The first-order valence-corrected chi connectivity index (χ1v) is 6.05. The molecule has 0 heterocycles. The van der Waals surface area contributed by atoms with Crippen LogP contribution < -0.4 is 0 Å². The molecule has 1 aromatic carbocycles. The monoisotopic (exact) mass is 284 g/mol. The van der Waals surface area contributed by atoms with Crippen LogP contribution in [0.4, 0.5) is 0 Å². The molecule has 0 aliphatic heterocycles. The molecule has 1 saturated carbocycles. The van der Waals surface area contributed by atoms with Crippen molar-refractivity contribution in [1.82, 2.24) is 0 Å². The third kappa shape index (κ3) is 1.82. The number of phenols is 1. The van der Waals surface area contributed by atoms with Gasteiger partial charge in [-0.1, -0.05) is 6.07 Å². The summed E-state index contributed by atoms with van der Waals surface area (Å²) >= 11 is 3.25. The van der Waals surface area contributed by atoms with E-state index in [1.807, 2.05) is 0 Å². The Morgan fingerprint density at radius 3 is 2.75 bits per heavy atom. The number of ether oxygens (including phenoxy) is 1. The van der Waals surface area contributed by atoms with Crippen LogP contribution in [0.2, 0.25) is 0 Å².